The fourth-order valence-corrected chi connectivity index (χ4v) is 3.78. The molecule has 28 heavy (non-hydrogen) atoms. The maximum atomic E-state index is 12.4. The first-order valence-electron chi connectivity index (χ1n) is 9.11. The smallest absolute Gasteiger partial charge is 0.319 e. The van der Waals surface area contributed by atoms with Crippen molar-refractivity contribution in [3.05, 3.63) is 66.5 Å². The van der Waals surface area contributed by atoms with Crippen molar-refractivity contribution in [2.45, 2.75) is 11.4 Å². The third-order valence-electron chi connectivity index (χ3n) is 4.15. The zero-order valence-corrected chi connectivity index (χ0v) is 16.9. The van der Waals surface area contributed by atoms with Crippen molar-refractivity contribution in [2.24, 2.45) is 0 Å². The molecule has 0 radical (unpaired) electrons. The van der Waals surface area contributed by atoms with E-state index in [2.05, 4.69) is 45.9 Å². The second-order valence-corrected chi connectivity index (χ2v) is 7.78. The van der Waals surface area contributed by atoms with Crippen LogP contribution in [-0.4, -0.2) is 47.5 Å². The van der Waals surface area contributed by atoms with Crippen molar-refractivity contribution in [1.29, 1.82) is 0 Å². The summed E-state index contributed by atoms with van der Waals surface area (Å²) in [5, 5.41) is 12.8. The molecule has 2 amide bonds. The summed E-state index contributed by atoms with van der Waals surface area (Å²) in [6, 6.07) is 15.7. The van der Waals surface area contributed by atoms with Gasteiger partial charge in [0.05, 0.1) is 11.9 Å². The Kier molecular flexibility index (Phi) is 7.11. The van der Waals surface area contributed by atoms with Crippen LogP contribution in [0.3, 0.4) is 0 Å². The molecule has 0 spiro atoms. The fourth-order valence-electron chi connectivity index (χ4n) is 2.62. The lowest BCUT2D eigenvalue weighted by atomic mass is 10.1. The maximum Gasteiger partial charge on any atom is 0.319 e. The molecule has 0 aliphatic carbocycles. The van der Waals surface area contributed by atoms with Gasteiger partial charge in [0.1, 0.15) is 0 Å². The summed E-state index contributed by atoms with van der Waals surface area (Å²) in [6.45, 7) is 1.45. The van der Waals surface area contributed by atoms with E-state index >= 15 is 0 Å². The van der Waals surface area contributed by atoms with Gasteiger partial charge in [0.15, 0.2) is 0 Å². The van der Waals surface area contributed by atoms with Crippen LogP contribution in [0.1, 0.15) is 5.56 Å². The van der Waals surface area contributed by atoms with E-state index < -0.39 is 0 Å². The summed E-state index contributed by atoms with van der Waals surface area (Å²) >= 11 is 1.73. The highest BCUT2D eigenvalue weighted by atomic mass is 32.2. The minimum atomic E-state index is -0.214. The van der Waals surface area contributed by atoms with Crippen molar-refractivity contribution in [3.63, 3.8) is 0 Å². The molecule has 0 saturated carbocycles. The van der Waals surface area contributed by atoms with Gasteiger partial charge in [-0.05, 0) is 37.4 Å². The monoisotopic (exact) mass is 395 g/mol. The summed E-state index contributed by atoms with van der Waals surface area (Å²) in [6.07, 6.45) is 3.66. The van der Waals surface area contributed by atoms with Crippen LogP contribution in [0.2, 0.25) is 0 Å². The first kappa shape index (κ1) is 20.0. The highest BCUT2D eigenvalue weighted by Crippen LogP contribution is 2.32. The van der Waals surface area contributed by atoms with E-state index in [1.54, 1.807) is 18.0 Å². The Labute approximate surface area is 169 Å². The second-order valence-electron chi connectivity index (χ2n) is 6.64. The number of carbonyl (C=O) groups excluding carboxylic acids is 1. The third kappa shape index (κ3) is 5.87. The Morgan fingerprint density at radius 3 is 2.68 bits per heavy atom. The topological polar surface area (TPSA) is 73.0 Å². The first-order chi connectivity index (χ1) is 13.6. The molecule has 1 heterocycles. The van der Waals surface area contributed by atoms with Crippen molar-refractivity contribution >= 4 is 23.5 Å². The SMILES string of the molecule is CN(C)CCSc1cc(-c2cn[nH]c2)ccc1NC(=O)NCc1ccccc1. The summed E-state index contributed by atoms with van der Waals surface area (Å²) < 4.78 is 0. The number of thioether (sulfide) groups is 1. The van der Waals surface area contributed by atoms with Crippen LogP contribution < -0.4 is 10.6 Å². The van der Waals surface area contributed by atoms with Gasteiger partial charge in [0.25, 0.3) is 0 Å². The van der Waals surface area contributed by atoms with E-state index in [4.69, 9.17) is 0 Å². The van der Waals surface area contributed by atoms with Crippen LogP contribution in [0.15, 0.2) is 65.8 Å². The van der Waals surface area contributed by atoms with Crippen LogP contribution in [0, 0.1) is 0 Å². The highest BCUT2D eigenvalue weighted by Gasteiger charge is 2.10. The van der Waals surface area contributed by atoms with Crippen LogP contribution in [0.4, 0.5) is 10.5 Å². The van der Waals surface area contributed by atoms with Gasteiger partial charge in [-0.3, -0.25) is 5.10 Å². The normalized spacial score (nSPS) is 10.8. The number of nitrogens with zero attached hydrogens (tertiary/aromatic N) is 2. The molecule has 3 N–H and O–H groups in total. The number of anilines is 1. The number of aromatic nitrogens is 2. The van der Waals surface area contributed by atoms with Gasteiger partial charge in [-0.15, -0.1) is 11.8 Å². The molecule has 0 aliphatic rings. The number of amides is 2. The Balaban J connectivity index is 1.69. The lowest BCUT2D eigenvalue weighted by Gasteiger charge is -2.14. The molecule has 1 aromatic heterocycles. The quantitative estimate of drug-likeness (QED) is 0.503. The zero-order valence-electron chi connectivity index (χ0n) is 16.1. The molecule has 6 nitrogen and oxygen atoms in total. The Morgan fingerprint density at radius 2 is 1.96 bits per heavy atom. The Hall–Kier alpha value is -2.77. The standard InChI is InChI=1S/C21H25N5OS/c1-26(2)10-11-28-20-12-17(18-14-23-24-15-18)8-9-19(20)25-21(27)22-13-16-6-4-3-5-7-16/h3-9,12,14-15H,10-11,13H2,1-2H3,(H,23,24)(H2,22,25,27). The second kappa shape index (κ2) is 9.96. The number of aromatic amines is 1. The summed E-state index contributed by atoms with van der Waals surface area (Å²) in [4.78, 5) is 15.6. The van der Waals surface area contributed by atoms with Gasteiger partial charge >= 0.3 is 6.03 Å². The predicted molar refractivity (Wildman–Crippen MR) is 116 cm³/mol. The van der Waals surface area contributed by atoms with Crippen LogP contribution in [0.25, 0.3) is 11.1 Å². The van der Waals surface area contributed by atoms with Gasteiger partial charge in [-0.2, -0.15) is 5.10 Å². The molecule has 3 aromatic rings. The van der Waals surface area contributed by atoms with Crippen molar-refractivity contribution in [1.82, 2.24) is 20.4 Å². The summed E-state index contributed by atoms with van der Waals surface area (Å²) in [5.74, 6) is 0.933. The van der Waals surface area contributed by atoms with Crippen LogP contribution in [-0.2, 0) is 6.54 Å². The zero-order chi connectivity index (χ0) is 19.8. The predicted octanol–water partition coefficient (Wildman–Crippen LogP) is 4.05. The summed E-state index contributed by atoms with van der Waals surface area (Å²) in [7, 11) is 4.11. The van der Waals surface area contributed by atoms with Crippen LogP contribution >= 0.6 is 11.8 Å². The molecule has 146 valence electrons. The lowest BCUT2D eigenvalue weighted by Crippen LogP contribution is -2.28. The molecule has 0 bridgehead atoms. The molecule has 0 saturated heterocycles. The maximum absolute atomic E-state index is 12.4. The van der Waals surface area contributed by atoms with E-state index in [-0.39, 0.29) is 6.03 Å². The van der Waals surface area contributed by atoms with Gasteiger partial charge in [0, 0.05) is 35.5 Å². The van der Waals surface area contributed by atoms with Crippen LogP contribution in [0.5, 0.6) is 0 Å². The number of benzene rings is 2. The molecule has 7 heteroatoms. The molecule has 2 aromatic carbocycles. The molecular formula is C21H25N5OS. The number of hydrogen-bond acceptors (Lipinski definition) is 4. The van der Waals surface area contributed by atoms with Gasteiger partial charge < -0.3 is 15.5 Å². The molecule has 0 atom stereocenters. The van der Waals surface area contributed by atoms with Gasteiger partial charge in [-0.25, -0.2) is 4.79 Å². The van der Waals surface area contributed by atoms with Gasteiger partial charge in [-0.1, -0.05) is 36.4 Å². The van der Waals surface area contributed by atoms with Gasteiger partial charge in [0.2, 0.25) is 0 Å². The average Bonchev–Trinajstić information content (AvgIpc) is 3.23. The minimum absolute atomic E-state index is 0.214. The van der Waals surface area contributed by atoms with Crippen molar-refractivity contribution < 1.29 is 4.79 Å². The Morgan fingerprint density at radius 1 is 1.14 bits per heavy atom. The average molecular weight is 396 g/mol. The number of rotatable bonds is 8. The van der Waals surface area contributed by atoms with E-state index in [0.717, 1.165) is 39.6 Å². The van der Waals surface area contributed by atoms with E-state index in [9.17, 15) is 4.79 Å². The lowest BCUT2D eigenvalue weighted by molar-refractivity contribution is 0.251. The number of nitrogens with one attached hydrogen (secondary N) is 3. The molecule has 0 fully saturated rings. The molecule has 3 rings (SSSR count). The molecular weight excluding hydrogens is 370 g/mol. The number of hydrogen-bond donors (Lipinski definition) is 3. The van der Waals surface area contributed by atoms with E-state index in [1.807, 2.05) is 48.7 Å². The van der Waals surface area contributed by atoms with E-state index in [1.165, 1.54) is 0 Å². The number of carbonyl (C=O) groups is 1. The number of urea groups is 1. The van der Waals surface area contributed by atoms with Crippen molar-refractivity contribution in [2.75, 3.05) is 31.7 Å². The van der Waals surface area contributed by atoms with E-state index in [0.29, 0.717) is 6.54 Å². The third-order valence-corrected chi connectivity index (χ3v) is 5.19. The summed E-state index contributed by atoms with van der Waals surface area (Å²) in [5.41, 5.74) is 3.96. The minimum Gasteiger partial charge on any atom is -0.334 e. The first-order valence-corrected chi connectivity index (χ1v) is 10.1. The molecule has 0 aliphatic heterocycles. The fraction of sp³-hybridized carbons (Fsp3) is 0.238. The van der Waals surface area contributed by atoms with Crippen molar-refractivity contribution in [3.8, 4) is 11.1 Å². The largest absolute Gasteiger partial charge is 0.334 e. The highest BCUT2D eigenvalue weighted by molar-refractivity contribution is 7.99. The number of H-pyrrole nitrogens is 1. The molecule has 0 unspecified atom stereocenters. The Bertz CT molecular complexity index is 881.